The van der Waals surface area contributed by atoms with Gasteiger partial charge in [-0.3, -0.25) is 15.1 Å². The van der Waals surface area contributed by atoms with Gasteiger partial charge >= 0.3 is 12.3 Å². The second-order valence-corrected chi connectivity index (χ2v) is 11.2. The summed E-state index contributed by atoms with van der Waals surface area (Å²) < 4.78 is 76.7. The third-order valence-electron chi connectivity index (χ3n) is 7.95. The van der Waals surface area contributed by atoms with Crippen molar-refractivity contribution in [3.05, 3.63) is 59.4 Å². The first-order valence-electron chi connectivity index (χ1n) is 14.5. The number of carbonyl (C=O) groups excluding carboxylic acids is 2. The predicted molar refractivity (Wildman–Crippen MR) is 148 cm³/mol. The van der Waals surface area contributed by atoms with Gasteiger partial charge < -0.3 is 19.7 Å². The van der Waals surface area contributed by atoms with E-state index >= 15 is 0 Å². The number of anilines is 1. The Bertz CT molecular complexity index is 1220. The number of benzene rings is 1. The molecule has 2 amide bonds. The molecule has 1 aliphatic carbocycles. The predicted octanol–water partition coefficient (Wildman–Crippen LogP) is 5.93. The number of amides is 2. The monoisotopic (exact) mass is 612 g/mol. The fraction of sp³-hybridized carbons (Fsp3) is 0.567. The molecule has 1 aromatic heterocycles. The fourth-order valence-electron chi connectivity index (χ4n) is 5.74. The third-order valence-corrected chi connectivity index (χ3v) is 7.95. The van der Waals surface area contributed by atoms with Crippen molar-refractivity contribution in [2.75, 3.05) is 32.1 Å². The number of carbonyl (C=O) groups is 2. The largest absolute Gasteiger partial charge is 0.428 e. The first kappa shape index (κ1) is 32.6. The Morgan fingerprint density at radius 1 is 1.14 bits per heavy atom. The summed E-state index contributed by atoms with van der Waals surface area (Å²) in [6, 6.07) is 6.25. The van der Waals surface area contributed by atoms with Crippen LogP contribution in [-0.4, -0.2) is 67.1 Å². The summed E-state index contributed by atoms with van der Waals surface area (Å²) in [5.41, 5.74) is 1.43. The molecule has 8 nitrogen and oxygen atoms in total. The van der Waals surface area contributed by atoms with Crippen molar-refractivity contribution in [1.82, 2.24) is 15.2 Å². The van der Waals surface area contributed by atoms with Gasteiger partial charge in [0.25, 0.3) is 0 Å². The summed E-state index contributed by atoms with van der Waals surface area (Å²) in [6.45, 7) is -1.31. The number of alkyl halides is 3. The van der Waals surface area contributed by atoms with Crippen LogP contribution in [0.4, 0.5) is 32.4 Å². The molecule has 43 heavy (non-hydrogen) atoms. The Balaban J connectivity index is 1.32. The number of pyridine rings is 1. The first-order valence-corrected chi connectivity index (χ1v) is 14.5. The summed E-state index contributed by atoms with van der Waals surface area (Å²) in [7, 11) is 0.987. The summed E-state index contributed by atoms with van der Waals surface area (Å²) in [4.78, 5) is 29.5. The van der Waals surface area contributed by atoms with Crippen LogP contribution in [0, 0.1) is 17.6 Å². The Hall–Kier alpha value is -3.32. The SMILES string of the molecule is CN(CC(F)(F)F)C(=O)O[C@H]1CO[C@H](CCc2c(F)cncc2NC(=O)C[C@@H](c2ccc(F)cc2)C2CCCCC2)CN1. The molecule has 13 heteroatoms. The van der Waals surface area contributed by atoms with Crippen LogP contribution < -0.4 is 10.6 Å². The number of hydrogen-bond donors (Lipinski definition) is 2. The van der Waals surface area contributed by atoms with E-state index in [9.17, 15) is 31.5 Å². The maximum Gasteiger partial charge on any atom is 0.411 e. The Kier molecular flexibility index (Phi) is 11.3. The van der Waals surface area contributed by atoms with Gasteiger partial charge in [0.2, 0.25) is 5.91 Å². The van der Waals surface area contributed by atoms with Gasteiger partial charge in [-0.05, 0) is 55.2 Å². The van der Waals surface area contributed by atoms with Crippen LogP contribution in [0.15, 0.2) is 36.7 Å². The molecule has 2 heterocycles. The highest BCUT2D eigenvalue weighted by Crippen LogP contribution is 2.38. The number of morpholine rings is 1. The highest BCUT2D eigenvalue weighted by atomic mass is 19.4. The minimum Gasteiger partial charge on any atom is -0.428 e. The van der Waals surface area contributed by atoms with Gasteiger partial charge in [-0.25, -0.2) is 13.6 Å². The van der Waals surface area contributed by atoms with Crippen LogP contribution in [-0.2, 0) is 20.7 Å². The molecule has 4 rings (SSSR count). The average Bonchev–Trinajstić information content (AvgIpc) is 2.96. The van der Waals surface area contributed by atoms with Crippen LogP contribution in [0.25, 0.3) is 0 Å². The highest BCUT2D eigenvalue weighted by molar-refractivity contribution is 5.92. The molecular weight excluding hydrogens is 575 g/mol. The molecule has 1 aromatic carbocycles. The number of ether oxygens (including phenoxy) is 2. The zero-order valence-corrected chi connectivity index (χ0v) is 24.0. The van der Waals surface area contributed by atoms with Crippen LogP contribution in [0.2, 0.25) is 0 Å². The molecule has 2 aromatic rings. The summed E-state index contributed by atoms with van der Waals surface area (Å²) in [5, 5.41) is 5.74. The first-order chi connectivity index (χ1) is 20.5. The molecule has 0 unspecified atom stereocenters. The molecule has 0 radical (unpaired) electrons. The standard InChI is InChI=1S/C30H37F5N4O4/c1-39(18-30(33,34)35)29(41)43-28-17-42-22(14-37-28)11-12-23-25(32)15-36-16-26(23)38-27(40)13-24(19-5-3-2-4-6-19)20-7-9-21(31)10-8-20/h7-10,15-16,19,22,24,28,37H,2-6,11-14,17-18H2,1H3,(H,38,40)/t22-,24-,28+/m1/s1. The van der Waals surface area contributed by atoms with Crippen molar-refractivity contribution in [3.63, 3.8) is 0 Å². The zero-order valence-electron chi connectivity index (χ0n) is 24.0. The van der Waals surface area contributed by atoms with E-state index in [1.54, 1.807) is 12.1 Å². The second-order valence-electron chi connectivity index (χ2n) is 11.2. The molecule has 2 fully saturated rings. The summed E-state index contributed by atoms with van der Waals surface area (Å²) >= 11 is 0. The quantitative estimate of drug-likeness (QED) is 0.323. The number of aromatic nitrogens is 1. The fourth-order valence-corrected chi connectivity index (χ4v) is 5.74. The lowest BCUT2D eigenvalue weighted by Crippen LogP contribution is -2.50. The maximum absolute atomic E-state index is 14.9. The number of nitrogens with zero attached hydrogens (tertiary/aromatic N) is 2. The van der Waals surface area contributed by atoms with Gasteiger partial charge in [-0.15, -0.1) is 0 Å². The smallest absolute Gasteiger partial charge is 0.411 e. The van der Waals surface area contributed by atoms with Crippen LogP contribution in [0.1, 0.15) is 62.0 Å². The van der Waals surface area contributed by atoms with Gasteiger partial charge in [-0.1, -0.05) is 31.4 Å². The Labute approximate surface area is 247 Å². The lowest BCUT2D eigenvalue weighted by Gasteiger charge is -2.31. The van der Waals surface area contributed by atoms with E-state index in [0.717, 1.165) is 50.9 Å². The van der Waals surface area contributed by atoms with Crippen molar-refractivity contribution in [2.24, 2.45) is 5.92 Å². The molecule has 1 aliphatic heterocycles. The van der Waals surface area contributed by atoms with E-state index in [1.165, 1.54) is 18.3 Å². The van der Waals surface area contributed by atoms with Crippen LogP contribution >= 0.6 is 0 Å². The van der Waals surface area contributed by atoms with E-state index in [4.69, 9.17) is 9.47 Å². The molecule has 3 atom stereocenters. The molecule has 1 saturated carbocycles. The Morgan fingerprint density at radius 3 is 2.51 bits per heavy atom. The van der Waals surface area contributed by atoms with Gasteiger partial charge in [0.1, 0.15) is 18.2 Å². The van der Waals surface area contributed by atoms with Gasteiger partial charge in [-0.2, -0.15) is 13.2 Å². The van der Waals surface area contributed by atoms with Crippen LogP contribution in [0.3, 0.4) is 0 Å². The van der Waals surface area contributed by atoms with E-state index in [-0.39, 0.29) is 54.9 Å². The lowest BCUT2D eigenvalue weighted by molar-refractivity contribution is -0.143. The molecule has 236 valence electrons. The lowest BCUT2D eigenvalue weighted by atomic mass is 9.75. The second kappa shape index (κ2) is 14.9. The van der Waals surface area contributed by atoms with E-state index in [1.807, 2.05) is 0 Å². The van der Waals surface area contributed by atoms with E-state index < -0.39 is 37.0 Å². The van der Waals surface area contributed by atoms with Gasteiger partial charge in [0.05, 0.1) is 30.8 Å². The van der Waals surface area contributed by atoms with Crippen molar-refractivity contribution in [2.45, 2.75) is 75.8 Å². The highest BCUT2D eigenvalue weighted by Gasteiger charge is 2.33. The molecule has 0 bridgehead atoms. The van der Waals surface area contributed by atoms with E-state index in [0.29, 0.717) is 17.2 Å². The molecule has 0 spiro atoms. The van der Waals surface area contributed by atoms with Crippen LogP contribution in [0.5, 0.6) is 0 Å². The molecular formula is C30H37F5N4O4. The third kappa shape index (κ3) is 9.85. The molecule has 2 aliphatic rings. The Morgan fingerprint density at radius 2 is 1.86 bits per heavy atom. The van der Waals surface area contributed by atoms with Crippen molar-refractivity contribution in [3.8, 4) is 0 Å². The average molecular weight is 613 g/mol. The minimum absolute atomic E-state index is 0.0926. The van der Waals surface area contributed by atoms with Crippen molar-refractivity contribution < 1.29 is 41.0 Å². The number of rotatable bonds is 10. The number of halogens is 5. The zero-order chi connectivity index (χ0) is 31.0. The molecule has 2 N–H and O–H groups in total. The van der Waals surface area contributed by atoms with Gasteiger partial charge in [0, 0.05) is 25.6 Å². The maximum atomic E-state index is 14.9. The van der Waals surface area contributed by atoms with Crippen molar-refractivity contribution >= 4 is 17.7 Å². The topological polar surface area (TPSA) is 92.8 Å². The number of nitrogens with one attached hydrogen (secondary N) is 2. The molecule has 1 saturated heterocycles. The number of hydrogen-bond acceptors (Lipinski definition) is 6. The minimum atomic E-state index is -4.55. The normalized spacial score (nSPS) is 20.3. The van der Waals surface area contributed by atoms with Gasteiger partial charge in [0.15, 0.2) is 6.23 Å². The summed E-state index contributed by atoms with van der Waals surface area (Å²) in [6.07, 6.45) is 1.49. The summed E-state index contributed by atoms with van der Waals surface area (Å²) in [5.74, 6) is -1.01. The van der Waals surface area contributed by atoms with Crippen molar-refractivity contribution in [1.29, 1.82) is 0 Å². The van der Waals surface area contributed by atoms with E-state index in [2.05, 4.69) is 15.6 Å².